The van der Waals surface area contributed by atoms with Gasteiger partial charge < -0.3 is 14.9 Å². The lowest BCUT2D eigenvalue weighted by Crippen LogP contribution is -2.51. The van der Waals surface area contributed by atoms with E-state index in [9.17, 15) is 15.0 Å². The van der Waals surface area contributed by atoms with Crippen molar-refractivity contribution in [2.75, 3.05) is 6.61 Å². The van der Waals surface area contributed by atoms with Crippen molar-refractivity contribution in [3.05, 3.63) is 22.3 Å². The molecule has 4 aliphatic rings. The Labute approximate surface area is 143 Å². The highest BCUT2D eigenvalue weighted by Gasteiger charge is 2.55. The van der Waals surface area contributed by atoms with Gasteiger partial charge in [0, 0.05) is 24.2 Å². The fraction of sp³-hybridized carbons (Fsp3) is 0.750. The molecule has 0 radical (unpaired) electrons. The van der Waals surface area contributed by atoms with Crippen LogP contribution in [0.2, 0.25) is 0 Å². The first kappa shape index (κ1) is 16.3. The molecule has 4 heteroatoms. The Morgan fingerprint density at radius 2 is 2.04 bits per heavy atom. The summed E-state index contributed by atoms with van der Waals surface area (Å²) in [5, 5.41) is 21.0. The number of ether oxygens (including phenoxy) is 1. The van der Waals surface area contributed by atoms with Gasteiger partial charge in [0.25, 0.3) is 0 Å². The first-order valence-corrected chi connectivity index (χ1v) is 9.25. The molecule has 0 saturated heterocycles. The zero-order valence-electron chi connectivity index (χ0n) is 14.9. The van der Waals surface area contributed by atoms with Gasteiger partial charge in [0.1, 0.15) is 12.2 Å². The summed E-state index contributed by atoms with van der Waals surface area (Å²) in [6.45, 7) is 6.51. The lowest BCUT2D eigenvalue weighted by atomic mass is 9.48. The number of carbonyl (C=O) groups is 1. The van der Waals surface area contributed by atoms with Crippen LogP contribution >= 0.6 is 0 Å². The normalized spacial score (nSPS) is 44.9. The first-order chi connectivity index (χ1) is 11.3. The zero-order valence-corrected chi connectivity index (χ0v) is 14.9. The van der Waals surface area contributed by atoms with Crippen molar-refractivity contribution >= 4 is 5.97 Å². The van der Waals surface area contributed by atoms with E-state index in [1.54, 1.807) is 6.92 Å². The summed E-state index contributed by atoms with van der Waals surface area (Å²) < 4.78 is 5.54. The Balaban J connectivity index is 1.79. The molecule has 0 aromatic heterocycles. The van der Waals surface area contributed by atoms with Gasteiger partial charge in [-0.2, -0.15) is 0 Å². The van der Waals surface area contributed by atoms with Crippen LogP contribution in [0.15, 0.2) is 22.3 Å². The minimum atomic E-state index is -0.662. The quantitative estimate of drug-likeness (QED) is 0.572. The zero-order chi connectivity index (χ0) is 17.3. The molecule has 1 heterocycles. The molecule has 132 valence electrons. The molecule has 4 rings (SSSR count). The highest BCUT2D eigenvalue weighted by atomic mass is 16.5. The molecule has 0 spiro atoms. The van der Waals surface area contributed by atoms with Gasteiger partial charge in [0.2, 0.25) is 0 Å². The van der Waals surface area contributed by atoms with E-state index in [1.807, 2.05) is 0 Å². The van der Waals surface area contributed by atoms with Gasteiger partial charge >= 0.3 is 5.97 Å². The molecule has 2 N–H and O–H groups in total. The van der Waals surface area contributed by atoms with Crippen LogP contribution in [0.1, 0.15) is 59.3 Å². The van der Waals surface area contributed by atoms with Crippen molar-refractivity contribution in [3.8, 4) is 0 Å². The summed E-state index contributed by atoms with van der Waals surface area (Å²) in [7, 11) is 0. The highest BCUT2D eigenvalue weighted by Crippen LogP contribution is 2.62. The van der Waals surface area contributed by atoms with Crippen LogP contribution in [0.4, 0.5) is 0 Å². The maximum Gasteiger partial charge on any atom is 0.334 e. The first-order valence-electron chi connectivity index (χ1n) is 9.25. The molecule has 0 aromatic rings. The molecule has 5 atom stereocenters. The molecule has 0 bridgehead atoms. The minimum absolute atomic E-state index is 0.00126. The van der Waals surface area contributed by atoms with Gasteiger partial charge in [-0.3, -0.25) is 0 Å². The summed E-state index contributed by atoms with van der Waals surface area (Å²) in [5.74, 6) is 0.151. The molecule has 1 fully saturated rings. The maximum atomic E-state index is 12.0. The van der Waals surface area contributed by atoms with E-state index in [0.717, 1.165) is 49.7 Å². The second-order valence-corrected chi connectivity index (χ2v) is 8.76. The van der Waals surface area contributed by atoms with Crippen LogP contribution in [-0.2, 0) is 9.53 Å². The second kappa shape index (κ2) is 5.18. The Morgan fingerprint density at radius 1 is 1.29 bits per heavy atom. The third kappa shape index (κ3) is 1.96. The number of carbonyl (C=O) groups excluding carboxylic acids is 1. The van der Waals surface area contributed by atoms with Crippen molar-refractivity contribution in [2.45, 2.75) is 71.5 Å². The molecule has 0 unspecified atom stereocenters. The van der Waals surface area contributed by atoms with Crippen molar-refractivity contribution in [1.82, 2.24) is 0 Å². The SMILES string of the molecule is CC1=C2[C@H](O)C3=C(C[C@H]2OC1=O)[C@]1(C)CCC[C@@](C)(CO)[C@@H]1CC3. The summed E-state index contributed by atoms with van der Waals surface area (Å²) in [6, 6.07) is 0. The molecule has 1 saturated carbocycles. The number of aliphatic hydroxyl groups is 2. The summed E-state index contributed by atoms with van der Waals surface area (Å²) in [4.78, 5) is 12.0. The summed E-state index contributed by atoms with van der Waals surface area (Å²) in [6.07, 6.45) is 4.91. The van der Waals surface area contributed by atoms with E-state index in [4.69, 9.17) is 4.74 Å². The summed E-state index contributed by atoms with van der Waals surface area (Å²) >= 11 is 0. The Morgan fingerprint density at radius 3 is 2.75 bits per heavy atom. The molecule has 24 heavy (non-hydrogen) atoms. The van der Waals surface area contributed by atoms with E-state index >= 15 is 0 Å². The molecule has 0 aromatic carbocycles. The van der Waals surface area contributed by atoms with E-state index < -0.39 is 6.10 Å². The maximum absolute atomic E-state index is 12.0. The molecular weight excluding hydrogens is 304 g/mol. The van der Waals surface area contributed by atoms with Crippen molar-refractivity contribution in [2.24, 2.45) is 16.7 Å². The van der Waals surface area contributed by atoms with E-state index in [-0.39, 0.29) is 29.5 Å². The minimum Gasteiger partial charge on any atom is -0.454 e. The Kier molecular flexibility index (Phi) is 3.53. The highest BCUT2D eigenvalue weighted by molar-refractivity contribution is 5.92. The van der Waals surface area contributed by atoms with Crippen molar-refractivity contribution < 1.29 is 19.7 Å². The van der Waals surface area contributed by atoms with E-state index in [1.165, 1.54) is 5.57 Å². The third-order valence-electron chi connectivity index (χ3n) is 7.54. The summed E-state index contributed by atoms with van der Waals surface area (Å²) in [5.41, 5.74) is 3.77. The van der Waals surface area contributed by atoms with Gasteiger partial charge in [-0.15, -0.1) is 0 Å². The molecule has 1 aliphatic heterocycles. The number of rotatable bonds is 1. The van der Waals surface area contributed by atoms with Crippen molar-refractivity contribution in [1.29, 1.82) is 0 Å². The average Bonchev–Trinajstić information content (AvgIpc) is 2.83. The fourth-order valence-electron chi connectivity index (χ4n) is 6.22. The predicted octanol–water partition coefficient (Wildman–Crippen LogP) is 2.89. The largest absolute Gasteiger partial charge is 0.454 e. The Hall–Kier alpha value is -1.13. The lowest BCUT2D eigenvalue weighted by molar-refractivity contribution is -0.140. The van der Waals surface area contributed by atoms with Gasteiger partial charge in [-0.1, -0.05) is 25.8 Å². The van der Waals surface area contributed by atoms with Crippen LogP contribution in [-0.4, -0.2) is 35.0 Å². The second-order valence-electron chi connectivity index (χ2n) is 8.76. The van der Waals surface area contributed by atoms with Crippen LogP contribution in [0.5, 0.6) is 0 Å². The Bertz CT molecular complexity index is 661. The van der Waals surface area contributed by atoms with E-state index in [2.05, 4.69) is 13.8 Å². The average molecular weight is 332 g/mol. The van der Waals surface area contributed by atoms with Crippen molar-refractivity contribution in [3.63, 3.8) is 0 Å². The molecule has 0 amide bonds. The number of hydrogen-bond acceptors (Lipinski definition) is 4. The van der Waals surface area contributed by atoms with Crippen LogP contribution in [0.25, 0.3) is 0 Å². The third-order valence-corrected chi connectivity index (χ3v) is 7.54. The molecule has 4 nitrogen and oxygen atoms in total. The monoisotopic (exact) mass is 332 g/mol. The number of esters is 1. The molecule has 3 aliphatic carbocycles. The fourth-order valence-corrected chi connectivity index (χ4v) is 6.22. The van der Waals surface area contributed by atoms with E-state index in [0.29, 0.717) is 11.5 Å². The van der Waals surface area contributed by atoms with Crippen LogP contribution < -0.4 is 0 Å². The number of fused-ring (bicyclic) bond motifs is 3. The molecular formula is C20H28O4. The predicted molar refractivity (Wildman–Crippen MR) is 90.1 cm³/mol. The van der Waals surface area contributed by atoms with Gasteiger partial charge in [0.15, 0.2) is 0 Å². The number of hydrogen-bond donors (Lipinski definition) is 2. The standard InChI is InChI=1S/C20H28O4/c1-11-16-14(24-18(11)23)9-13-12(17(16)22)5-6-15-19(2,10-21)7-4-8-20(13,15)3/h14-15,17,21-22H,4-10H2,1-3H3/t14-,15+,17-,19+,20+/m1/s1. The van der Waals surface area contributed by atoms with Crippen LogP contribution in [0.3, 0.4) is 0 Å². The smallest absolute Gasteiger partial charge is 0.334 e. The van der Waals surface area contributed by atoms with Crippen LogP contribution in [0, 0.1) is 16.7 Å². The van der Waals surface area contributed by atoms with Gasteiger partial charge in [-0.25, -0.2) is 4.79 Å². The lowest BCUT2D eigenvalue weighted by Gasteiger charge is -2.57. The number of aliphatic hydroxyl groups excluding tert-OH is 2. The van der Waals surface area contributed by atoms with Gasteiger partial charge in [-0.05, 0) is 54.9 Å². The van der Waals surface area contributed by atoms with Gasteiger partial charge in [0.05, 0.1) is 0 Å². The topological polar surface area (TPSA) is 66.8 Å².